The van der Waals surface area contributed by atoms with Crippen LogP contribution >= 0.6 is 27.3 Å². The molecule has 0 N–H and O–H groups in total. The van der Waals surface area contributed by atoms with Crippen LogP contribution in [0, 0.1) is 12.3 Å². The average molecular weight is 545 g/mol. The van der Waals surface area contributed by atoms with Gasteiger partial charge in [0.25, 0.3) is 0 Å². The van der Waals surface area contributed by atoms with Crippen molar-refractivity contribution in [3.63, 3.8) is 0 Å². The number of carbonyl (C=O) groups is 1. The van der Waals surface area contributed by atoms with E-state index in [1.54, 1.807) is 11.3 Å². The quantitative estimate of drug-likeness (QED) is 0.293. The summed E-state index contributed by atoms with van der Waals surface area (Å²) in [6.07, 6.45) is 2.04. The molecular formula is C28H34BrNO3S. The number of aryl methyl sites for hydroxylation is 1. The van der Waals surface area contributed by atoms with E-state index < -0.39 is 17.1 Å². The van der Waals surface area contributed by atoms with Crippen molar-refractivity contribution in [3.05, 3.63) is 50.9 Å². The van der Waals surface area contributed by atoms with Crippen LogP contribution in [-0.2, 0) is 14.3 Å². The minimum Gasteiger partial charge on any atom is -0.462 e. The molecule has 34 heavy (non-hydrogen) atoms. The zero-order valence-corrected chi connectivity index (χ0v) is 23.5. The van der Waals surface area contributed by atoms with Crippen molar-refractivity contribution in [3.8, 4) is 11.1 Å². The molecule has 0 unspecified atom stereocenters. The third-order valence-corrected chi connectivity index (χ3v) is 7.58. The Balaban J connectivity index is 1.89. The number of esters is 1. The van der Waals surface area contributed by atoms with Crippen LogP contribution in [0.5, 0.6) is 0 Å². The lowest BCUT2D eigenvalue weighted by molar-refractivity contribution is -0.162. The molecule has 0 radical (unpaired) electrons. The molecule has 1 aromatic heterocycles. The van der Waals surface area contributed by atoms with Crippen molar-refractivity contribution in [1.82, 2.24) is 4.98 Å². The maximum Gasteiger partial charge on any atom is 0.311 e. The van der Waals surface area contributed by atoms with Crippen molar-refractivity contribution < 1.29 is 14.3 Å². The molecule has 1 aliphatic carbocycles. The second kappa shape index (κ2) is 9.36. The number of nitrogens with zero attached hydrogens (tertiary/aromatic N) is 1. The van der Waals surface area contributed by atoms with Crippen molar-refractivity contribution in [1.29, 1.82) is 0 Å². The van der Waals surface area contributed by atoms with E-state index in [2.05, 4.69) is 53.2 Å². The predicted molar refractivity (Wildman–Crippen MR) is 143 cm³/mol. The summed E-state index contributed by atoms with van der Waals surface area (Å²) in [5.74, 6) is 0.362. The van der Waals surface area contributed by atoms with Crippen LogP contribution in [0.4, 0.5) is 0 Å². The molecule has 182 valence electrons. The minimum atomic E-state index is -0.573. The summed E-state index contributed by atoms with van der Waals surface area (Å²) in [6.45, 7) is 14.0. The van der Waals surface area contributed by atoms with Gasteiger partial charge in [-0.05, 0) is 96.2 Å². The Kier molecular flexibility index (Phi) is 6.98. The summed E-state index contributed by atoms with van der Waals surface area (Å²) in [5.41, 5.74) is 4.46. The van der Waals surface area contributed by atoms with Gasteiger partial charge in [-0.3, -0.25) is 4.79 Å². The third-order valence-electron chi connectivity index (χ3n) is 5.80. The number of fused-ring (bicyclic) bond motifs is 1. The summed E-state index contributed by atoms with van der Waals surface area (Å²) in [5, 5.41) is 1.22. The van der Waals surface area contributed by atoms with E-state index in [0.29, 0.717) is 5.92 Å². The molecule has 0 saturated heterocycles. The summed E-state index contributed by atoms with van der Waals surface area (Å²) < 4.78 is 14.6. The van der Waals surface area contributed by atoms with E-state index in [0.717, 1.165) is 32.2 Å². The maximum atomic E-state index is 12.6. The number of ether oxygens (including phenoxy) is 2. The number of hydrogen-bond donors (Lipinski definition) is 0. The number of thiazole rings is 1. The topological polar surface area (TPSA) is 48.4 Å². The van der Waals surface area contributed by atoms with Gasteiger partial charge in [-0.15, -0.1) is 11.3 Å². The molecule has 1 aliphatic rings. The summed E-state index contributed by atoms with van der Waals surface area (Å²) in [4.78, 5) is 17.7. The Bertz CT molecular complexity index is 1200. The molecule has 0 aliphatic heterocycles. The Hall–Kier alpha value is -1.76. The van der Waals surface area contributed by atoms with Gasteiger partial charge in [0.05, 0.1) is 26.2 Å². The number of hydrogen-bond acceptors (Lipinski definition) is 5. The fourth-order valence-corrected chi connectivity index (χ4v) is 5.58. The normalized spacial score (nSPS) is 15.5. The van der Waals surface area contributed by atoms with Crippen LogP contribution in [0.25, 0.3) is 21.3 Å². The monoisotopic (exact) mass is 543 g/mol. The molecule has 3 aromatic rings. The molecule has 0 amide bonds. The van der Waals surface area contributed by atoms with E-state index in [4.69, 9.17) is 14.5 Å². The summed E-state index contributed by atoms with van der Waals surface area (Å²) in [6, 6.07) is 10.6. The standard InChI is InChI=1S/C28H34BrNO3S/c1-16-14-20-24(34-25(30-20)18-8-9-18)23(17-10-12-19(29)13-11-17)22(16)21(33-28(5,6)7)15-32-26(31)27(2,3)4/h10-14,18,21H,8-9,15H2,1-7H3/t21-/m1/s1. The highest BCUT2D eigenvalue weighted by Gasteiger charge is 2.32. The molecular weight excluding hydrogens is 510 g/mol. The largest absolute Gasteiger partial charge is 0.462 e. The van der Waals surface area contributed by atoms with Gasteiger partial charge < -0.3 is 9.47 Å². The molecule has 1 heterocycles. The van der Waals surface area contributed by atoms with Crippen molar-refractivity contribution in [2.75, 3.05) is 6.61 Å². The van der Waals surface area contributed by atoms with Crippen LogP contribution in [0.2, 0.25) is 0 Å². The highest BCUT2D eigenvalue weighted by molar-refractivity contribution is 9.10. The van der Waals surface area contributed by atoms with E-state index >= 15 is 0 Å². The molecule has 2 aromatic carbocycles. The van der Waals surface area contributed by atoms with Gasteiger partial charge in [0.1, 0.15) is 12.7 Å². The van der Waals surface area contributed by atoms with E-state index in [1.807, 2.05) is 41.5 Å². The van der Waals surface area contributed by atoms with Gasteiger partial charge in [0, 0.05) is 16.0 Å². The number of carbonyl (C=O) groups excluding carboxylic acids is 1. The number of aromatic nitrogens is 1. The van der Waals surface area contributed by atoms with Gasteiger partial charge in [-0.25, -0.2) is 4.98 Å². The second-order valence-corrected chi connectivity index (χ2v) is 13.2. The zero-order chi connectivity index (χ0) is 24.8. The number of benzene rings is 2. The first-order valence-electron chi connectivity index (χ1n) is 11.9. The number of halogens is 1. The van der Waals surface area contributed by atoms with Crippen LogP contribution in [0.15, 0.2) is 34.8 Å². The third kappa shape index (κ3) is 5.72. The van der Waals surface area contributed by atoms with E-state index in [9.17, 15) is 4.79 Å². The Morgan fingerprint density at radius 1 is 1.15 bits per heavy atom. The zero-order valence-electron chi connectivity index (χ0n) is 21.1. The molecule has 0 spiro atoms. The molecule has 4 nitrogen and oxygen atoms in total. The van der Waals surface area contributed by atoms with Crippen LogP contribution in [0.1, 0.15) is 82.5 Å². The minimum absolute atomic E-state index is 0.164. The van der Waals surface area contributed by atoms with Crippen molar-refractivity contribution in [2.45, 2.75) is 78.9 Å². The summed E-state index contributed by atoms with van der Waals surface area (Å²) >= 11 is 5.36. The molecule has 4 rings (SSSR count). The van der Waals surface area contributed by atoms with Crippen molar-refractivity contribution in [2.24, 2.45) is 5.41 Å². The Morgan fingerprint density at radius 2 is 1.79 bits per heavy atom. The lowest BCUT2D eigenvalue weighted by atomic mass is 9.91. The maximum absolute atomic E-state index is 12.6. The molecule has 1 atom stereocenters. The van der Waals surface area contributed by atoms with Crippen LogP contribution < -0.4 is 0 Å². The van der Waals surface area contributed by atoms with Crippen LogP contribution in [0.3, 0.4) is 0 Å². The van der Waals surface area contributed by atoms with Gasteiger partial charge in [0.2, 0.25) is 0 Å². The Labute approximate surface area is 215 Å². The van der Waals surface area contributed by atoms with E-state index in [1.165, 1.54) is 22.5 Å². The van der Waals surface area contributed by atoms with Gasteiger partial charge in [-0.2, -0.15) is 0 Å². The molecule has 1 fully saturated rings. The molecule has 6 heteroatoms. The average Bonchev–Trinajstić information content (AvgIpc) is 3.49. The first-order chi connectivity index (χ1) is 15.8. The van der Waals surface area contributed by atoms with Gasteiger partial charge in [-0.1, -0.05) is 28.1 Å². The van der Waals surface area contributed by atoms with Crippen LogP contribution in [-0.4, -0.2) is 23.2 Å². The van der Waals surface area contributed by atoms with Crippen molar-refractivity contribution >= 4 is 43.5 Å². The fraction of sp³-hybridized carbons (Fsp3) is 0.500. The molecule has 0 bridgehead atoms. The van der Waals surface area contributed by atoms with Gasteiger partial charge >= 0.3 is 5.97 Å². The van der Waals surface area contributed by atoms with E-state index in [-0.39, 0.29) is 12.6 Å². The highest BCUT2D eigenvalue weighted by Crippen LogP contribution is 2.48. The van der Waals surface area contributed by atoms with Gasteiger partial charge in [0.15, 0.2) is 0 Å². The second-order valence-electron chi connectivity index (χ2n) is 11.2. The fourth-order valence-electron chi connectivity index (χ4n) is 4.02. The summed E-state index contributed by atoms with van der Waals surface area (Å²) in [7, 11) is 0. The lowest BCUT2D eigenvalue weighted by Gasteiger charge is -2.31. The first-order valence-corrected chi connectivity index (χ1v) is 13.5. The Morgan fingerprint density at radius 3 is 2.35 bits per heavy atom. The highest BCUT2D eigenvalue weighted by atomic mass is 79.9. The lowest BCUT2D eigenvalue weighted by Crippen LogP contribution is -2.30. The predicted octanol–water partition coefficient (Wildman–Crippen LogP) is 8.36. The SMILES string of the molecule is Cc1cc2nc(C3CC3)sc2c(-c2ccc(Br)cc2)c1[C@@H](COC(=O)C(C)(C)C)OC(C)(C)C. The number of rotatable bonds is 6. The first kappa shape index (κ1) is 25.3. The smallest absolute Gasteiger partial charge is 0.311 e. The molecule has 1 saturated carbocycles.